The summed E-state index contributed by atoms with van der Waals surface area (Å²) < 4.78 is 18.8. The monoisotopic (exact) mass is 462 g/mol. The van der Waals surface area contributed by atoms with E-state index in [1.165, 1.54) is 78.7 Å². The van der Waals surface area contributed by atoms with Crippen LogP contribution in [0, 0.1) is 17.1 Å². The highest BCUT2D eigenvalue weighted by Gasteiger charge is 2.47. The van der Waals surface area contributed by atoms with E-state index in [0.29, 0.717) is 21.8 Å². The molecule has 1 N–H and O–H groups in total. The van der Waals surface area contributed by atoms with Crippen LogP contribution in [0.3, 0.4) is 0 Å². The number of amides is 1. The summed E-state index contributed by atoms with van der Waals surface area (Å²) in [5.41, 5.74) is 1.20. The molecule has 0 spiro atoms. The van der Waals surface area contributed by atoms with Crippen molar-refractivity contribution in [2.24, 2.45) is 0 Å². The minimum absolute atomic E-state index is 0.166. The molecule has 1 heterocycles. The predicted octanol–water partition coefficient (Wildman–Crippen LogP) is 4.99. The third kappa shape index (κ3) is 3.93. The van der Waals surface area contributed by atoms with Crippen molar-refractivity contribution in [2.75, 3.05) is 12.0 Å². The van der Waals surface area contributed by atoms with Crippen LogP contribution < -0.4 is 9.64 Å². The second-order valence-corrected chi connectivity index (χ2v) is 7.64. The summed E-state index contributed by atoms with van der Waals surface area (Å²) in [4.78, 5) is 27.4. The summed E-state index contributed by atoms with van der Waals surface area (Å²) >= 11 is 6.07. The average Bonchev–Trinajstić information content (AvgIpc) is 3.10. The maximum atomic E-state index is 13.6. The molecular weight excluding hydrogens is 447 g/mol. The van der Waals surface area contributed by atoms with Gasteiger partial charge in [0.2, 0.25) is 0 Å². The van der Waals surface area contributed by atoms with Crippen LogP contribution in [0.15, 0.2) is 72.3 Å². The Bertz CT molecular complexity index is 1330. The number of hydrogen-bond donors (Lipinski definition) is 1. The van der Waals surface area contributed by atoms with Gasteiger partial charge in [0.05, 0.1) is 35.4 Å². The van der Waals surface area contributed by atoms with Crippen LogP contribution in [0.25, 0.3) is 5.76 Å². The average molecular weight is 463 g/mol. The van der Waals surface area contributed by atoms with Gasteiger partial charge in [-0.1, -0.05) is 23.7 Å². The quantitative estimate of drug-likeness (QED) is 0.335. The van der Waals surface area contributed by atoms with E-state index in [-0.39, 0.29) is 16.9 Å². The lowest BCUT2D eigenvalue weighted by Crippen LogP contribution is -2.29. The fraction of sp³-hybridized carbons (Fsp3) is 0.0800. The molecule has 1 aliphatic heterocycles. The first-order chi connectivity index (χ1) is 15.8. The molecule has 164 valence electrons. The van der Waals surface area contributed by atoms with Crippen LogP contribution in [-0.4, -0.2) is 23.9 Å². The van der Waals surface area contributed by atoms with E-state index in [2.05, 4.69) is 0 Å². The second-order valence-electron chi connectivity index (χ2n) is 7.23. The number of methoxy groups -OCH3 is 1. The summed E-state index contributed by atoms with van der Waals surface area (Å²) in [7, 11) is 1.41. The Balaban J connectivity index is 1.93. The van der Waals surface area contributed by atoms with Crippen LogP contribution in [0.4, 0.5) is 10.1 Å². The molecule has 0 aromatic heterocycles. The maximum Gasteiger partial charge on any atom is 0.300 e. The van der Waals surface area contributed by atoms with E-state index < -0.39 is 29.3 Å². The molecule has 0 aliphatic carbocycles. The first-order valence-corrected chi connectivity index (χ1v) is 10.1. The van der Waals surface area contributed by atoms with Crippen LogP contribution in [0.1, 0.15) is 22.7 Å². The standard InChI is InChI=1S/C25H16ClFN2O4/c1-33-20-12-16(6-11-19(20)26)23(30)21-22(15-4-7-17(27)8-5-15)29(25(32)24(21)31)18-9-2-14(13-28)3-10-18/h2-12,22,30H,1H3/b23-21-. The van der Waals surface area contributed by atoms with Crippen LogP contribution in [0.5, 0.6) is 5.75 Å². The zero-order valence-electron chi connectivity index (χ0n) is 17.3. The number of Topliss-reactive ketones (excluding diaryl/α,β-unsaturated/α-hetero) is 1. The lowest BCUT2D eigenvalue weighted by atomic mass is 9.95. The number of rotatable bonds is 4. The molecule has 0 saturated carbocycles. The fourth-order valence-electron chi connectivity index (χ4n) is 3.72. The van der Waals surface area contributed by atoms with Gasteiger partial charge in [-0.15, -0.1) is 0 Å². The summed E-state index contributed by atoms with van der Waals surface area (Å²) in [5.74, 6) is -2.40. The molecule has 0 bridgehead atoms. The number of carbonyl (C=O) groups is 2. The normalized spacial score (nSPS) is 17.2. The zero-order valence-corrected chi connectivity index (χ0v) is 18.0. The number of halogens is 2. The Kier molecular flexibility index (Phi) is 5.86. The smallest absolute Gasteiger partial charge is 0.300 e. The topological polar surface area (TPSA) is 90.6 Å². The van der Waals surface area contributed by atoms with E-state index in [9.17, 15) is 19.1 Å². The Labute approximate surface area is 193 Å². The molecular formula is C25H16ClFN2O4. The first kappa shape index (κ1) is 22.1. The molecule has 33 heavy (non-hydrogen) atoms. The number of aliphatic hydroxyl groups is 1. The number of carbonyl (C=O) groups excluding carboxylic acids is 2. The molecule has 3 aromatic rings. The molecule has 4 rings (SSSR count). The highest BCUT2D eigenvalue weighted by Crippen LogP contribution is 2.42. The molecule has 6 nitrogen and oxygen atoms in total. The highest BCUT2D eigenvalue weighted by atomic mass is 35.5. The molecule has 1 aliphatic rings. The molecule has 1 amide bonds. The van der Waals surface area contributed by atoms with Gasteiger partial charge in [-0.2, -0.15) is 5.26 Å². The maximum absolute atomic E-state index is 13.6. The summed E-state index contributed by atoms with van der Waals surface area (Å²) in [6.45, 7) is 0. The largest absolute Gasteiger partial charge is 0.507 e. The van der Waals surface area contributed by atoms with Gasteiger partial charge in [-0.25, -0.2) is 4.39 Å². The number of benzene rings is 3. The zero-order chi connectivity index (χ0) is 23.7. The van der Waals surface area contributed by atoms with Crippen molar-refractivity contribution >= 4 is 34.7 Å². The van der Waals surface area contributed by atoms with Crippen molar-refractivity contribution in [1.29, 1.82) is 5.26 Å². The van der Waals surface area contributed by atoms with Gasteiger partial charge in [0, 0.05) is 11.3 Å². The van der Waals surface area contributed by atoms with E-state index >= 15 is 0 Å². The van der Waals surface area contributed by atoms with E-state index in [4.69, 9.17) is 21.6 Å². The Morgan fingerprint density at radius 3 is 2.36 bits per heavy atom. The summed E-state index contributed by atoms with van der Waals surface area (Å²) in [6.07, 6.45) is 0. The third-order valence-electron chi connectivity index (χ3n) is 5.33. The van der Waals surface area contributed by atoms with Gasteiger partial charge in [0.1, 0.15) is 17.3 Å². The molecule has 1 fully saturated rings. The lowest BCUT2D eigenvalue weighted by Gasteiger charge is -2.25. The number of nitrogens with zero attached hydrogens (tertiary/aromatic N) is 2. The number of aliphatic hydroxyl groups excluding tert-OH is 1. The Hall–Kier alpha value is -4.15. The van der Waals surface area contributed by atoms with Crippen LogP contribution in [0.2, 0.25) is 5.02 Å². The summed E-state index contributed by atoms with van der Waals surface area (Å²) in [6, 6.07) is 16.8. The lowest BCUT2D eigenvalue weighted by molar-refractivity contribution is -0.132. The van der Waals surface area contributed by atoms with Gasteiger partial charge in [-0.05, 0) is 60.2 Å². The number of hydrogen-bond acceptors (Lipinski definition) is 5. The molecule has 3 aromatic carbocycles. The van der Waals surface area contributed by atoms with Crippen molar-refractivity contribution in [3.63, 3.8) is 0 Å². The van der Waals surface area contributed by atoms with E-state index in [0.717, 1.165) is 0 Å². The highest BCUT2D eigenvalue weighted by molar-refractivity contribution is 6.51. The van der Waals surface area contributed by atoms with Gasteiger partial charge >= 0.3 is 0 Å². The first-order valence-electron chi connectivity index (χ1n) is 9.76. The van der Waals surface area contributed by atoms with Crippen molar-refractivity contribution < 1.29 is 23.8 Å². The van der Waals surface area contributed by atoms with Crippen LogP contribution >= 0.6 is 11.6 Å². The Morgan fingerprint density at radius 2 is 1.76 bits per heavy atom. The number of ether oxygens (including phenoxy) is 1. The van der Waals surface area contributed by atoms with Gasteiger partial charge in [0.15, 0.2) is 0 Å². The van der Waals surface area contributed by atoms with E-state index in [1.54, 1.807) is 0 Å². The number of anilines is 1. The SMILES string of the molecule is COc1cc(/C(O)=C2/C(=O)C(=O)N(c3ccc(C#N)cc3)C2c2ccc(F)cc2)ccc1Cl. The third-order valence-corrected chi connectivity index (χ3v) is 5.64. The van der Waals surface area contributed by atoms with Crippen LogP contribution in [-0.2, 0) is 9.59 Å². The van der Waals surface area contributed by atoms with Crippen molar-refractivity contribution in [1.82, 2.24) is 0 Å². The predicted molar refractivity (Wildman–Crippen MR) is 120 cm³/mol. The summed E-state index contributed by atoms with van der Waals surface area (Å²) in [5, 5.41) is 20.5. The van der Waals surface area contributed by atoms with Gasteiger partial charge in [-0.3, -0.25) is 14.5 Å². The Morgan fingerprint density at radius 1 is 1.09 bits per heavy atom. The minimum atomic E-state index is -1.03. The molecule has 1 unspecified atom stereocenters. The van der Waals surface area contributed by atoms with Crippen molar-refractivity contribution in [3.05, 3.63) is 99.8 Å². The minimum Gasteiger partial charge on any atom is -0.507 e. The molecule has 1 atom stereocenters. The van der Waals surface area contributed by atoms with E-state index in [1.807, 2.05) is 6.07 Å². The molecule has 1 saturated heterocycles. The van der Waals surface area contributed by atoms with Crippen molar-refractivity contribution in [2.45, 2.75) is 6.04 Å². The number of ketones is 1. The second kappa shape index (κ2) is 8.77. The molecule has 8 heteroatoms. The van der Waals surface area contributed by atoms with Gasteiger partial charge < -0.3 is 9.84 Å². The molecule has 0 radical (unpaired) electrons. The van der Waals surface area contributed by atoms with Gasteiger partial charge in [0.25, 0.3) is 11.7 Å². The number of nitriles is 1. The van der Waals surface area contributed by atoms with Crippen molar-refractivity contribution in [3.8, 4) is 11.8 Å². The fourth-order valence-corrected chi connectivity index (χ4v) is 3.91.